The van der Waals surface area contributed by atoms with Gasteiger partial charge in [-0.3, -0.25) is 19.4 Å². The number of hydrogen-bond acceptors (Lipinski definition) is 4. The highest BCUT2D eigenvalue weighted by atomic mass is 35.5. The first kappa shape index (κ1) is 25.7. The van der Waals surface area contributed by atoms with Gasteiger partial charge in [0.15, 0.2) is 0 Å². The molecule has 2 aromatic rings. The van der Waals surface area contributed by atoms with Crippen LogP contribution in [0.5, 0.6) is 0 Å². The van der Waals surface area contributed by atoms with Crippen molar-refractivity contribution in [2.45, 2.75) is 64.6 Å². The van der Waals surface area contributed by atoms with Crippen LogP contribution in [-0.4, -0.2) is 39.9 Å². The summed E-state index contributed by atoms with van der Waals surface area (Å²) in [6.45, 7) is 5.28. The number of benzene rings is 2. The summed E-state index contributed by atoms with van der Waals surface area (Å²) in [6, 6.07) is 13.4. The van der Waals surface area contributed by atoms with Crippen molar-refractivity contribution in [1.82, 2.24) is 10.2 Å². The lowest BCUT2D eigenvalue weighted by Gasteiger charge is -2.33. The molecule has 0 saturated carbocycles. The Kier molecular flexibility index (Phi) is 8.33. The number of halogens is 1. The van der Waals surface area contributed by atoms with Crippen LogP contribution >= 0.6 is 11.6 Å². The normalized spacial score (nSPS) is 16.1. The van der Waals surface area contributed by atoms with E-state index in [-0.39, 0.29) is 25.1 Å². The summed E-state index contributed by atoms with van der Waals surface area (Å²) in [4.78, 5) is 42.5. The van der Waals surface area contributed by atoms with Crippen molar-refractivity contribution < 1.29 is 19.5 Å². The molecule has 0 bridgehead atoms. The lowest BCUT2D eigenvalue weighted by molar-refractivity contribution is -0.135. The highest BCUT2D eigenvalue weighted by Crippen LogP contribution is 2.38. The summed E-state index contributed by atoms with van der Waals surface area (Å²) in [7, 11) is 0. The van der Waals surface area contributed by atoms with E-state index in [1.165, 1.54) is 4.90 Å². The van der Waals surface area contributed by atoms with Gasteiger partial charge in [-0.1, -0.05) is 63.1 Å². The van der Waals surface area contributed by atoms with Gasteiger partial charge in [-0.25, -0.2) is 4.79 Å². The van der Waals surface area contributed by atoms with Crippen molar-refractivity contribution in [3.8, 4) is 0 Å². The first-order chi connectivity index (χ1) is 16.3. The molecule has 0 aliphatic carbocycles. The van der Waals surface area contributed by atoms with Crippen molar-refractivity contribution in [3.05, 3.63) is 64.7 Å². The Bertz CT molecular complexity index is 1040. The van der Waals surface area contributed by atoms with Crippen LogP contribution in [0, 0.1) is 0 Å². The molecular formula is C26H32ClN3O4. The zero-order valence-electron chi connectivity index (χ0n) is 19.9. The number of carbonyl (C=O) groups excluding carboxylic acids is 3. The first-order valence-electron chi connectivity index (χ1n) is 11.7. The van der Waals surface area contributed by atoms with E-state index in [2.05, 4.69) is 5.32 Å². The number of rotatable bonds is 10. The number of nitrogens with zero attached hydrogens (tertiary/aromatic N) is 2. The Hall–Kier alpha value is -2.90. The fourth-order valence-corrected chi connectivity index (χ4v) is 4.77. The molecule has 182 valence electrons. The standard InChI is InChI=1S/C26H32ClN3O4/c1-4-8-22(19-9-7-10-20(27)15-19)28-23(32)16-29-24(33)26(5-2,6-3)30(25(29)34)21-13-11-18(17-31)12-14-21/h7,9-15,22,31H,4-6,8,16-17H2,1-3H3,(H,28,32). The summed E-state index contributed by atoms with van der Waals surface area (Å²) >= 11 is 6.13. The molecule has 8 heteroatoms. The smallest absolute Gasteiger partial charge is 0.332 e. The largest absolute Gasteiger partial charge is 0.392 e. The third-order valence-electron chi connectivity index (χ3n) is 6.51. The van der Waals surface area contributed by atoms with Gasteiger partial charge in [0.25, 0.3) is 5.91 Å². The maximum atomic E-state index is 13.5. The quantitative estimate of drug-likeness (QED) is 0.472. The molecule has 3 rings (SSSR count). The molecule has 1 saturated heterocycles. The molecule has 7 nitrogen and oxygen atoms in total. The number of aliphatic hydroxyl groups is 1. The lowest BCUT2D eigenvalue weighted by atomic mass is 9.90. The molecule has 0 spiro atoms. The molecule has 2 aromatic carbocycles. The van der Waals surface area contributed by atoms with Gasteiger partial charge in [0, 0.05) is 10.7 Å². The van der Waals surface area contributed by atoms with Gasteiger partial charge in [-0.2, -0.15) is 0 Å². The molecule has 1 unspecified atom stereocenters. The fourth-order valence-electron chi connectivity index (χ4n) is 4.57. The molecule has 4 amide bonds. The highest BCUT2D eigenvalue weighted by Gasteiger charge is 2.56. The minimum absolute atomic E-state index is 0.113. The van der Waals surface area contributed by atoms with Crippen LogP contribution in [0.1, 0.15) is 63.6 Å². The van der Waals surface area contributed by atoms with Crippen molar-refractivity contribution in [1.29, 1.82) is 0 Å². The summed E-state index contributed by atoms with van der Waals surface area (Å²) in [5, 5.41) is 12.9. The second kappa shape index (κ2) is 11.0. The first-order valence-corrected chi connectivity index (χ1v) is 12.1. The van der Waals surface area contributed by atoms with E-state index in [0.717, 1.165) is 16.9 Å². The van der Waals surface area contributed by atoms with Crippen LogP contribution in [-0.2, 0) is 16.2 Å². The van der Waals surface area contributed by atoms with Crippen LogP contribution in [0.3, 0.4) is 0 Å². The highest BCUT2D eigenvalue weighted by molar-refractivity contribution is 6.30. The SMILES string of the molecule is CCCC(NC(=O)CN1C(=O)N(c2ccc(CO)cc2)C(CC)(CC)C1=O)c1cccc(Cl)c1. The molecule has 1 atom stereocenters. The Morgan fingerprint density at radius 2 is 1.76 bits per heavy atom. The summed E-state index contributed by atoms with van der Waals surface area (Å²) in [5.74, 6) is -0.780. The van der Waals surface area contributed by atoms with Crippen molar-refractivity contribution in [2.24, 2.45) is 0 Å². The fraction of sp³-hybridized carbons (Fsp3) is 0.423. The van der Waals surface area contributed by atoms with E-state index >= 15 is 0 Å². The maximum Gasteiger partial charge on any atom is 0.332 e. The van der Waals surface area contributed by atoms with Gasteiger partial charge in [-0.05, 0) is 54.7 Å². The number of nitrogens with one attached hydrogen (secondary N) is 1. The molecular weight excluding hydrogens is 454 g/mol. The van der Waals surface area contributed by atoms with E-state index in [4.69, 9.17) is 11.6 Å². The zero-order valence-corrected chi connectivity index (χ0v) is 20.6. The molecule has 1 fully saturated rings. The number of hydrogen-bond donors (Lipinski definition) is 2. The van der Waals surface area contributed by atoms with Gasteiger partial charge >= 0.3 is 6.03 Å². The second-order valence-corrected chi connectivity index (χ2v) is 8.97. The predicted molar refractivity (Wildman–Crippen MR) is 133 cm³/mol. The number of imide groups is 1. The Morgan fingerprint density at radius 1 is 1.09 bits per heavy atom. The van der Waals surface area contributed by atoms with Crippen LogP contribution in [0.25, 0.3) is 0 Å². The van der Waals surface area contributed by atoms with Gasteiger partial charge in [0.2, 0.25) is 5.91 Å². The Morgan fingerprint density at radius 3 is 2.32 bits per heavy atom. The molecule has 1 aliphatic rings. The number of carbonyl (C=O) groups is 3. The number of amides is 4. The molecule has 0 aromatic heterocycles. The lowest BCUT2D eigenvalue weighted by Crippen LogP contribution is -2.49. The van der Waals surface area contributed by atoms with Gasteiger partial charge in [0.1, 0.15) is 12.1 Å². The third kappa shape index (κ3) is 4.95. The summed E-state index contributed by atoms with van der Waals surface area (Å²) < 4.78 is 0. The minimum Gasteiger partial charge on any atom is -0.392 e. The number of aliphatic hydroxyl groups excluding tert-OH is 1. The number of anilines is 1. The van der Waals surface area contributed by atoms with Crippen LogP contribution in [0.15, 0.2) is 48.5 Å². The van der Waals surface area contributed by atoms with Crippen LogP contribution < -0.4 is 10.2 Å². The predicted octanol–water partition coefficient (Wildman–Crippen LogP) is 4.82. The van der Waals surface area contributed by atoms with Crippen molar-refractivity contribution >= 4 is 35.1 Å². The zero-order chi connectivity index (χ0) is 24.9. The summed E-state index contributed by atoms with van der Waals surface area (Å²) in [5.41, 5.74) is 1.08. The van der Waals surface area contributed by atoms with Crippen molar-refractivity contribution in [3.63, 3.8) is 0 Å². The number of urea groups is 1. The molecule has 0 radical (unpaired) electrons. The van der Waals surface area contributed by atoms with Crippen LogP contribution in [0.4, 0.5) is 10.5 Å². The summed E-state index contributed by atoms with van der Waals surface area (Å²) in [6.07, 6.45) is 2.36. The van der Waals surface area contributed by atoms with Crippen LogP contribution in [0.2, 0.25) is 5.02 Å². The minimum atomic E-state index is -1.06. The van der Waals surface area contributed by atoms with Gasteiger partial charge < -0.3 is 10.4 Å². The van der Waals surface area contributed by atoms with E-state index < -0.39 is 17.5 Å². The Balaban J connectivity index is 1.85. The van der Waals surface area contributed by atoms with Crippen molar-refractivity contribution in [2.75, 3.05) is 11.4 Å². The molecule has 1 heterocycles. The average molecular weight is 486 g/mol. The molecule has 34 heavy (non-hydrogen) atoms. The third-order valence-corrected chi connectivity index (χ3v) is 6.74. The van der Waals surface area contributed by atoms with Gasteiger partial charge in [0.05, 0.1) is 12.6 Å². The maximum absolute atomic E-state index is 13.5. The van der Waals surface area contributed by atoms with E-state index in [1.807, 2.05) is 39.0 Å². The monoisotopic (exact) mass is 485 g/mol. The molecule has 2 N–H and O–H groups in total. The van der Waals surface area contributed by atoms with Gasteiger partial charge in [-0.15, -0.1) is 0 Å². The topological polar surface area (TPSA) is 90.0 Å². The molecule has 1 aliphatic heterocycles. The average Bonchev–Trinajstić information content (AvgIpc) is 3.05. The van der Waals surface area contributed by atoms with E-state index in [0.29, 0.717) is 35.5 Å². The second-order valence-electron chi connectivity index (χ2n) is 8.54. The Labute approximate surface area is 205 Å². The van der Waals surface area contributed by atoms with E-state index in [9.17, 15) is 19.5 Å². The van der Waals surface area contributed by atoms with E-state index in [1.54, 1.807) is 30.3 Å².